The van der Waals surface area contributed by atoms with E-state index in [9.17, 15) is 4.79 Å². The van der Waals surface area contributed by atoms with E-state index in [1.54, 1.807) is 6.20 Å². The third-order valence-corrected chi connectivity index (χ3v) is 6.68. The van der Waals surface area contributed by atoms with E-state index in [0.29, 0.717) is 24.5 Å². The lowest BCUT2D eigenvalue weighted by Gasteiger charge is -2.49. The number of aromatic nitrogens is 1. The fraction of sp³-hybridized carbons (Fsp3) is 0.647. The van der Waals surface area contributed by atoms with Crippen LogP contribution >= 0.6 is 11.8 Å². The summed E-state index contributed by atoms with van der Waals surface area (Å²) in [6, 6.07) is 3.99. The molecule has 1 aromatic heterocycles. The third-order valence-electron chi connectivity index (χ3n) is 5.11. The predicted molar refractivity (Wildman–Crippen MR) is 86.5 cm³/mol. The van der Waals surface area contributed by atoms with Crippen molar-refractivity contribution in [2.75, 3.05) is 18.8 Å². The molecule has 0 bridgehead atoms. The van der Waals surface area contributed by atoms with E-state index in [0.717, 1.165) is 43.7 Å². The van der Waals surface area contributed by atoms with Gasteiger partial charge in [0.2, 0.25) is 5.91 Å². The van der Waals surface area contributed by atoms with Gasteiger partial charge < -0.3 is 9.64 Å². The van der Waals surface area contributed by atoms with Crippen molar-refractivity contribution in [1.29, 1.82) is 0 Å². The largest absolute Gasteiger partial charge is 0.373 e. The molecular weight excluding hydrogens is 296 g/mol. The smallest absolute Gasteiger partial charge is 0.225 e. The zero-order chi connectivity index (χ0) is 15.0. The SMILES string of the molecule is O=C(C1CCC1)N1CC2(C[C@@H](OCc3cccnc3)CS2)C1. The second-order valence-electron chi connectivity index (χ2n) is 6.81. The fourth-order valence-electron chi connectivity index (χ4n) is 3.55. The molecule has 0 N–H and O–H groups in total. The number of ether oxygens (including phenoxy) is 1. The van der Waals surface area contributed by atoms with E-state index in [1.807, 2.05) is 30.1 Å². The molecule has 1 spiro atoms. The van der Waals surface area contributed by atoms with Crippen LogP contribution in [-0.4, -0.2) is 45.5 Å². The Hall–Kier alpha value is -1.07. The van der Waals surface area contributed by atoms with Crippen LogP contribution in [0.5, 0.6) is 0 Å². The van der Waals surface area contributed by atoms with Crippen LogP contribution in [0.4, 0.5) is 0 Å². The minimum atomic E-state index is 0.277. The number of pyridine rings is 1. The maximum absolute atomic E-state index is 12.2. The lowest BCUT2D eigenvalue weighted by molar-refractivity contribution is -0.144. The molecule has 2 saturated heterocycles. The molecule has 1 aliphatic carbocycles. The van der Waals surface area contributed by atoms with Gasteiger partial charge in [0, 0.05) is 37.2 Å². The molecule has 3 fully saturated rings. The van der Waals surface area contributed by atoms with Crippen LogP contribution in [0.2, 0.25) is 0 Å². The summed E-state index contributed by atoms with van der Waals surface area (Å²) in [7, 11) is 0. The Balaban J connectivity index is 1.24. The van der Waals surface area contributed by atoms with Crippen LogP contribution in [0, 0.1) is 5.92 Å². The topological polar surface area (TPSA) is 42.4 Å². The van der Waals surface area contributed by atoms with Gasteiger partial charge in [-0.2, -0.15) is 0 Å². The summed E-state index contributed by atoms with van der Waals surface area (Å²) in [5, 5.41) is 0. The van der Waals surface area contributed by atoms with E-state index in [-0.39, 0.29) is 4.75 Å². The molecule has 5 heteroatoms. The van der Waals surface area contributed by atoms with Crippen LogP contribution in [-0.2, 0) is 16.1 Å². The van der Waals surface area contributed by atoms with Crippen LogP contribution < -0.4 is 0 Å². The molecule has 0 aromatic carbocycles. The van der Waals surface area contributed by atoms with Crippen LogP contribution in [0.3, 0.4) is 0 Å². The zero-order valence-corrected chi connectivity index (χ0v) is 13.6. The Morgan fingerprint density at radius 3 is 3.00 bits per heavy atom. The first kappa shape index (κ1) is 14.5. The molecule has 22 heavy (non-hydrogen) atoms. The highest BCUT2D eigenvalue weighted by Gasteiger charge is 2.51. The lowest BCUT2D eigenvalue weighted by atomic mass is 9.82. The number of hydrogen-bond donors (Lipinski definition) is 0. The van der Waals surface area contributed by atoms with Crippen molar-refractivity contribution >= 4 is 17.7 Å². The molecule has 4 nitrogen and oxygen atoms in total. The lowest BCUT2D eigenvalue weighted by Crippen LogP contribution is -2.62. The molecule has 118 valence electrons. The van der Waals surface area contributed by atoms with Gasteiger partial charge in [0.1, 0.15) is 0 Å². The molecule has 1 amide bonds. The van der Waals surface area contributed by atoms with Crippen LogP contribution in [0.25, 0.3) is 0 Å². The summed E-state index contributed by atoms with van der Waals surface area (Å²) >= 11 is 2.00. The number of amides is 1. The quantitative estimate of drug-likeness (QED) is 0.855. The number of thioether (sulfide) groups is 1. The highest BCUT2D eigenvalue weighted by atomic mass is 32.2. The van der Waals surface area contributed by atoms with Gasteiger partial charge in [-0.25, -0.2) is 0 Å². The minimum Gasteiger partial charge on any atom is -0.373 e. The first-order chi connectivity index (χ1) is 10.7. The molecule has 1 atom stereocenters. The van der Waals surface area contributed by atoms with Crippen molar-refractivity contribution in [3.63, 3.8) is 0 Å². The first-order valence-electron chi connectivity index (χ1n) is 8.17. The third kappa shape index (κ3) is 2.76. The Kier molecular flexibility index (Phi) is 3.86. The summed E-state index contributed by atoms with van der Waals surface area (Å²) < 4.78 is 6.31. The van der Waals surface area contributed by atoms with Crippen molar-refractivity contribution in [3.05, 3.63) is 30.1 Å². The average Bonchev–Trinajstić information content (AvgIpc) is 2.87. The Morgan fingerprint density at radius 1 is 1.45 bits per heavy atom. The molecule has 2 aliphatic heterocycles. The van der Waals surface area contributed by atoms with Gasteiger partial charge in [0.25, 0.3) is 0 Å². The van der Waals surface area contributed by atoms with E-state index in [2.05, 4.69) is 9.88 Å². The molecule has 0 unspecified atom stereocenters. The monoisotopic (exact) mass is 318 g/mol. The van der Waals surface area contributed by atoms with Crippen molar-refractivity contribution in [2.24, 2.45) is 5.92 Å². The van der Waals surface area contributed by atoms with Crippen molar-refractivity contribution in [3.8, 4) is 0 Å². The molecule has 1 saturated carbocycles. The standard InChI is InChI=1S/C17H22N2O2S/c20-16(14-4-1-5-14)19-11-17(12-19)7-15(10-22-17)21-9-13-3-2-6-18-8-13/h2-3,6,8,14-15H,1,4-5,7,9-12H2/t15-/m1/s1. The highest BCUT2D eigenvalue weighted by molar-refractivity contribution is 8.01. The molecule has 3 aliphatic rings. The average molecular weight is 318 g/mol. The highest BCUT2D eigenvalue weighted by Crippen LogP contribution is 2.47. The Labute approximate surface area is 135 Å². The normalized spacial score (nSPS) is 26.7. The minimum absolute atomic E-state index is 0.277. The predicted octanol–water partition coefficient (Wildman–Crippen LogP) is 2.48. The molecule has 4 rings (SSSR count). The van der Waals surface area contributed by atoms with Gasteiger partial charge in [0.15, 0.2) is 0 Å². The summed E-state index contributed by atoms with van der Waals surface area (Å²) in [4.78, 5) is 18.4. The number of hydrogen-bond acceptors (Lipinski definition) is 4. The van der Waals surface area contributed by atoms with E-state index < -0.39 is 0 Å². The number of carbonyl (C=O) groups is 1. The Bertz CT molecular complexity index is 541. The molecule has 3 heterocycles. The van der Waals surface area contributed by atoms with Crippen molar-refractivity contribution < 1.29 is 9.53 Å². The summed E-state index contributed by atoms with van der Waals surface area (Å²) in [6.45, 7) is 2.50. The van der Waals surface area contributed by atoms with E-state index in [1.165, 1.54) is 6.42 Å². The van der Waals surface area contributed by atoms with Crippen molar-refractivity contribution in [1.82, 2.24) is 9.88 Å². The van der Waals surface area contributed by atoms with Gasteiger partial charge in [0.05, 0.1) is 17.5 Å². The van der Waals surface area contributed by atoms with Gasteiger partial charge in [-0.1, -0.05) is 12.5 Å². The van der Waals surface area contributed by atoms with Gasteiger partial charge in [-0.05, 0) is 30.9 Å². The van der Waals surface area contributed by atoms with Gasteiger partial charge in [-0.3, -0.25) is 9.78 Å². The van der Waals surface area contributed by atoms with Crippen molar-refractivity contribution in [2.45, 2.75) is 43.1 Å². The Morgan fingerprint density at radius 2 is 2.32 bits per heavy atom. The molecular formula is C17H22N2O2S. The number of likely N-dealkylation sites (tertiary alicyclic amines) is 1. The van der Waals surface area contributed by atoms with Crippen LogP contribution in [0.15, 0.2) is 24.5 Å². The maximum atomic E-state index is 12.2. The molecule has 0 radical (unpaired) electrons. The number of rotatable bonds is 4. The van der Waals surface area contributed by atoms with E-state index in [4.69, 9.17) is 4.74 Å². The second kappa shape index (κ2) is 5.85. The van der Waals surface area contributed by atoms with Gasteiger partial charge >= 0.3 is 0 Å². The summed E-state index contributed by atoms with van der Waals surface area (Å²) in [5.74, 6) is 1.78. The van der Waals surface area contributed by atoms with Crippen LogP contribution in [0.1, 0.15) is 31.2 Å². The number of carbonyl (C=O) groups excluding carboxylic acids is 1. The second-order valence-corrected chi connectivity index (χ2v) is 8.30. The molecule has 1 aromatic rings. The van der Waals surface area contributed by atoms with Gasteiger partial charge in [-0.15, -0.1) is 11.8 Å². The summed E-state index contributed by atoms with van der Waals surface area (Å²) in [6.07, 6.45) is 8.47. The summed E-state index contributed by atoms with van der Waals surface area (Å²) in [5.41, 5.74) is 1.13. The maximum Gasteiger partial charge on any atom is 0.225 e. The van der Waals surface area contributed by atoms with E-state index >= 15 is 0 Å². The first-order valence-corrected chi connectivity index (χ1v) is 9.16. The number of nitrogens with zero attached hydrogens (tertiary/aromatic N) is 2. The zero-order valence-electron chi connectivity index (χ0n) is 12.7. The fourth-order valence-corrected chi connectivity index (χ4v) is 5.10.